The van der Waals surface area contributed by atoms with E-state index in [0.29, 0.717) is 43.1 Å². The molecule has 0 aromatic carbocycles. The summed E-state index contributed by atoms with van der Waals surface area (Å²) in [6, 6.07) is 1.32. The minimum Gasteiger partial charge on any atom is -0.351 e. The van der Waals surface area contributed by atoms with Crippen LogP contribution in [0.2, 0.25) is 0 Å². The van der Waals surface area contributed by atoms with Crippen molar-refractivity contribution in [3.05, 3.63) is 45.0 Å². The molecule has 4 heterocycles. The molecule has 0 radical (unpaired) electrons. The molecule has 0 unspecified atom stereocenters. The summed E-state index contributed by atoms with van der Waals surface area (Å²) in [7, 11) is 0. The Morgan fingerprint density at radius 2 is 1.91 bits per heavy atom. The Hall–Kier alpha value is -2.97. The monoisotopic (exact) mass is 439 g/mol. The first-order valence-corrected chi connectivity index (χ1v) is 11.7. The van der Waals surface area contributed by atoms with Gasteiger partial charge in [-0.05, 0) is 39.0 Å². The Bertz CT molecular complexity index is 1080. The molecule has 2 amide bonds. The fraction of sp³-hybridized carbons (Fsp3) is 0.609. The van der Waals surface area contributed by atoms with Gasteiger partial charge in [0.05, 0.1) is 29.5 Å². The molecule has 1 N–H and O–H groups in total. The molecule has 2 aliphatic heterocycles. The van der Waals surface area contributed by atoms with Gasteiger partial charge in [0.15, 0.2) is 0 Å². The van der Waals surface area contributed by atoms with Crippen LogP contribution in [0.25, 0.3) is 0 Å². The van der Waals surface area contributed by atoms with Crippen molar-refractivity contribution in [1.29, 1.82) is 0 Å². The zero-order valence-corrected chi connectivity index (χ0v) is 18.4. The van der Waals surface area contributed by atoms with Crippen molar-refractivity contribution >= 4 is 11.8 Å². The van der Waals surface area contributed by atoms with Crippen molar-refractivity contribution in [3.63, 3.8) is 0 Å². The Balaban J connectivity index is 1.39. The number of aryl methyl sites for hydroxylation is 1. The molecule has 2 fully saturated rings. The number of carbonyl (C=O) groups is 2. The van der Waals surface area contributed by atoms with Crippen molar-refractivity contribution in [1.82, 2.24) is 24.9 Å². The summed E-state index contributed by atoms with van der Waals surface area (Å²) in [5.41, 5.74) is 1.76. The van der Waals surface area contributed by atoms with E-state index in [1.54, 1.807) is 17.9 Å². The number of hydrogen-bond donors (Lipinski definition) is 1. The standard InChI is InChI=1S/C23H29N5O4/c1-14-12-19(32-26-14)23(31)28-10-5-4-8-18(28)20-24-17-9-11-27(13-16(17)21(29)25-20)22(30)15-6-2-3-7-15/h12,15,18H,2-11,13H2,1H3,(H,24,25,29)/t18-/m1/s1. The number of hydrogen-bond acceptors (Lipinski definition) is 6. The number of nitrogens with one attached hydrogen (secondary N) is 1. The van der Waals surface area contributed by atoms with Crippen molar-refractivity contribution in [2.24, 2.45) is 5.92 Å². The molecule has 1 saturated heterocycles. The Morgan fingerprint density at radius 3 is 2.66 bits per heavy atom. The van der Waals surface area contributed by atoms with Gasteiger partial charge in [-0.1, -0.05) is 18.0 Å². The summed E-state index contributed by atoms with van der Waals surface area (Å²) in [6.07, 6.45) is 7.25. The van der Waals surface area contributed by atoms with Gasteiger partial charge in [0.2, 0.25) is 11.7 Å². The van der Waals surface area contributed by atoms with Crippen LogP contribution >= 0.6 is 0 Å². The van der Waals surface area contributed by atoms with Crippen LogP contribution in [0.1, 0.15) is 84.3 Å². The molecule has 5 rings (SSSR count). The first-order chi connectivity index (χ1) is 15.5. The third kappa shape index (κ3) is 3.84. The van der Waals surface area contributed by atoms with Crippen molar-refractivity contribution in [2.75, 3.05) is 13.1 Å². The molecule has 2 aromatic rings. The van der Waals surface area contributed by atoms with Crippen molar-refractivity contribution in [3.8, 4) is 0 Å². The molecule has 1 saturated carbocycles. The van der Waals surface area contributed by atoms with Crippen LogP contribution in [0.5, 0.6) is 0 Å². The SMILES string of the molecule is Cc1cc(C(=O)N2CCCC[C@@H]2c2nc3c(c(=O)[nH]2)CN(C(=O)C2CCCC2)CC3)on1. The number of amides is 2. The number of nitrogens with zero attached hydrogens (tertiary/aromatic N) is 4. The summed E-state index contributed by atoms with van der Waals surface area (Å²) in [4.78, 5) is 50.1. The second-order valence-electron chi connectivity index (χ2n) is 9.21. The molecule has 170 valence electrons. The minimum atomic E-state index is -0.308. The Morgan fingerprint density at radius 1 is 1.12 bits per heavy atom. The Labute approximate surface area is 186 Å². The van der Waals surface area contributed by atoms with E-state index in [1.165, 1.54) is 0 Å². The van der Waals surface area contributed by atoms with Gasteiger partial charge in [-0.3, -0.25) is 14.4 Å². The quantitative estimate of drug-likeness (QED) is 0.786. The van der Waals surface area contributed by atoms with E-state index in [-0.39, 0.29) is 35.1 Å². The summed E-state index contributed by atoms with van der Waals surface area (Å²) in [5, 5.41) is 3.82. The van der Waals surface area contributed by atoms with Crippen LogP contribution in [0, 0.1) is 12.8 Å². The van der Waals surface area contributed by atoms with Crippen LogP contribution in [0.3, 0.4) is 0 Å². The molecule has 0 bridgehead atoms. The molecule has 3 aliphatic rings. The number of H-pyrrole nitrogens is 1. The lowest BCUT2D eigenvalue weighted by Crippen LogP contribution is -2.43. The van der Waals surface area contributed by atoms with Crippen molar-refractivity contribution in [2.45, 2.75) is 70.9 Å². The van der Waals surface area contributed by atoms with Gasteiger partial charge in [0.25, 0.3) is 11.5 Å². The highest BCUT2D eigenvalue weighted by molar-refractivity contribution is 5.91. The average Bonchev–Trinajstić information content (AvgIpc) is 3.50. The average molecular weight is 440 g/mol. The van der Waals surface area contributed by atoms with Gasteiger partial charge in [-0.2, -0.15) is 0 Å². The van der Waals surface area contributed by atoms with E-state index >= 15 is 0 Å². The second-order valence-corrected chi connectivity index (χ2v) is 9.21. The van der Waals surface area contributed by atoms with Gasteiger partial charge in [-0.25, -0.2) is 4.98 Å². The second kappa shape index (κ2) is 8.52. The topological polar surface area (TPSA) is 112 Å². The summed E-state index contributed by atoms with van der Waals surface area (Å²) in [6.45, 7) is 3.26. The summed E-state index contributed by atoms with van der Waals surface area (Å²) >= 11 is 0. The molecule has 1 atom stereocenters. The smallest absolute Gasteiger partial charge is 0.293 e. The Kier molecular flexibility index (Phi) is 5.57. The molecule has 9 nitrogen and oxygen atoms in total. The van der Waals surface area contributed by atoms with Crippen molar-refractivity contribution < 1.29 is 14.1 Å². The molecular formula is C23H29N5O4. The van der Waals surface area contributed by atoms with E-state index in [2.05, 4.69) is 10.1 Å². The van der Waals surface area contributed by atoms with Gasteiger partial charge < -0.3 is 19.3 Å². The summed E-state index contributed by atoms with van der Waals surface area (Å²) < 4.78 is 5.18. The summed E-state index contributed by atoms with van der Waals surface area (Å²) in [5.74, 6) is 0.765. The van der Waals surface area contributed by atoms with Crippen LogP contribution in [-0.2, 0) is 17.8 Å². The normalized spacial score (nSPS) is 21.6. The van der Waals surface area contributed by atoms with Gasteiger partial charge >= 0.3 is 0 Å². The van der Waals surface area contributed by atoms with E-state index in [0.717, 1.165) is 50.6 Å². The molecule has 0 spiro atoms. The van der Waals surface area contributed by atoms with E-state index < -0.39 is 0 Å². The highest BCUT2D eigenvalue weighted by atomic mass is 16.5. The van der Waals surface area contributed by atoms with Gasteiger partial charge in [0.1, 0.15) is 5.82 Å². The van der Waals surface area contributed by atoms with Crippen LogP contribution < -0.4 is 5.56 Å². The maximum absolute atomic E-state index is 13.0. The highest BCUT2D eigenvalue weighted by Gasteiger charge is 2.35. The highest BCUT2D eigenvalue weighted by Crippen LogP contribution is 2.32. The predicted molar refractivity (Wildman–Crippen MR) is 115 cm³/mol. The van der Waals surface area contributed by atoms with Gasteiger partial charge in [0, 0.05) is 31.5 Å². The minimum absolute atomic E-state index is 0.101. The maximum atomic E-state index is 13.0. The first-order valence-electron chi connectivity index (χ1n) is 11.7. The largest absolute Gasteiger partial charge is 0.351 e. The molecule has 1 aliphatic carbocycles. The molecular weight excluding hydrogens is 410 g/mol. The maximum Gasteiger partial charge on any atom is 0.293 e. The predicted octanol–water partition coefficient (Wildman–Crippen LogP) is 2.51. The number of aromatic amines is 1. The lowest BCUT2D eigenvalue weighted by molar-refractivity contribution is -0.136. The van der Waals surface area contributed by atoms with E-state index in [9.17, 15) is 14.4 Å². The van der Waals surface area contributed by atoms with Gasteiger partial charge in [-0.15, -0.1) is 0 Å². The van der Waals surface area contributed by atoms with Crippen LogP contribution in [0.4, 0.5) is 0 Å². The fourth-order valence-corrected chi connectivity index (χ4v) is 5.29. The third-order valence-corrected chi connectivity index (χ3v) is 7.02. The number of rotatable bonds is 3. The third-order valence-electron chi connectivity index (χ3n) is 7.02. The lowest BCUT2D eigenvalue weighted by Gasteiger charge is -2.35. The lowest BCUT2D eigenvalue weighted by atomic mass is 9.99. The number of likely N-dealkylation sites (tertiary alicyclic amines) is 1. The molecule has 2 aromatic heterocycles. The number of piperidine rings is 1. The molecule has 32 heavy (non-hydrogen) atoms. The van der Waals surface area contributed by atoms with E-state index in [1.807, 2.05) is 4.90 Å². The van der Waals surface area contributed by atoms with E-state index in [4.69, 9.17) is 9.51 Å². The number of carbonyl (C=O) groups excluding carboxylic acids is 2. The first kappa shape index (κ1) is 20.9. The molecule has 9 heteroatoms. The zero-order valence-electron chi connectivity index (χ0n) is 18.4. The number of aromatic nitrogens is 3. The fourth-order valence-electron chi connectivity index (χ4n) is 5.29. The van der Waals surface area contributed by atoms with Crippen LogP contribution in [0.15, 0.2) is 15.4 Å². The zero-order chi connectivity index (χ0) is 22.2. The van der Waals surface area contributed by atoms with Crippen LogP contribution in [-0.4, -0.2) is 49.8 Å². The number of fused-ring (bicyclic) bond motifs is 1.